The fourth-order valence-electron chi connectivity index (χ4n) is 3.74. The normalized spacial score (nSPS) is 12.2. The van der Waals surface area contributed by atoms with Crippen molar-refractivity contribution in [3.05, 3.63) is 87.4 Å². The van der Waals surface area contributed by atoms with Crippen LogP contribution >= 0.6 is 15.9 Å². The van der Waals surface area contributed by atoms with Crippen LogP contribution in [-0.4, -0.2) is 23.8 Å². The molecule has 29 heavy (non-hydrogen) atoms. The molecule has 0 aromatic heterocycles. The van der Waals surface area contributed by atoms with E-state index in [1.54, 1.807) is 13.0 Å². The summed E-state index contributed by atoms with van der Waals surface area (Å²) < 4.78 is 6.10. The van der Waals surface area contributed by atoms with Crippen molar-refractivity contribution in [1.82, 2.24) is 0 Å². The van der Waals surface area contributed by atoms with Crippen molar-refractivity contribution in [2.24, 2.45) is 0 Å². The van der Waals surface area contributed by atoms with Crippen LogP contribution in [0.25, 0.3) is 11.1 Å². The van der Waals surface area contributed by atoms with E-state index in [-0.39, 0.29) is 18.1 Å². The third-order valence-corrected chi connectivity index (χ3v) is 5.78. The van der Waals surface area contributed by atoms with Crippen molar-refractivity contribution in [3.63, 3.8) is 0 Å². The number of ether oxygens (including phenoxy) is 1. The largest absolute Gasteiger partial charge is 0.478 e. The van der Waals surface area contributed by atoms with Crippen molar-refractivity contribution >= 4 is 33.7 Å². The molecular formula is C23H18BrNO4. The summed E-state index contributed by atoms with van der Waals surface area (Å²) in [5, 5.41) is 11.9. The van der Waals surface area contributed by atoms with E-state index in [9.17, 15) is 14.7 Å². The Morgan fingerprint density at radius 3 is 2.21 bits per heavy atom. The fraction of sp³-hybridized carbons (Fsp3) is 0.130. The maximum absolute atomic E-state index is 12.4. The quantitative estimate of drug-likeness (QED) is 0.524. The second-order valence-electron chi connectivity index (χ2n) is 6.90. The molecule has 4 rings (SSSR count). The number of amides is 1. The van der Waals surface area contributed by atoms with Crippen LogP contribution in [0, 0.1) is 6.92 Å². The Kier molecular flexibility index (Phi) is 5.11. The number of rotatable bonds is 4. The predicted molar refractivity (Wildman–Crippen MR) is 115 cm³/mol. The minimum absolute atomic E-state index is 0.0378. The van der Waals surface area contributed by atoms with Crippen LogP contribution in [0.3, 0.4) is 0 Å². The summed E-state index contributed by atoms with van der Waals surface area (Å²) in [5.74, 6) is -1.09. The van der Waals surface area contributed by atoms with E-state index >= 15 is 0 Å². The van der Waals surface area contributed by atoms with Crippen molar-refractivity contribution in [2.75, 3.05) is 11.9 Å². The summed E-state index contributed by atoms with van der Waals surface area (Å²) in [6.07, 6.45) is -0.632. The molecule has 5 nitrogen and oxygen atoms in total. The summed E-state index contributed by atoms with van der Waals surface area (Å²) >= 11 is 3.36. The molecule has 0 saturated heterocycles. The van der Waals surface area contributed by atoms with E-state index in [0.29, 0.717) is 15.7 Å². The standard InChI is InChI=1S/C23H18BrNO4/c1-13-10-20(24)21(11-18(13)22(26)27)25-23(28)29-12-19-16-8-4-2-6-14(16)15-7-3-5-9-17(15)19/h2-11,19H,12H2,1H3,(H,25,28)(H,26,27). The molecule has 1 amide bonds. The van der Waals surface area contributed by atoms with Gasteiger partial charge in [0.05, 0.1) is 11.3 Å². The number of carbonyl (C=O) groups excluding carboxylic acids is 1. The number of fused-ring (bicyclic) bond motifs is 3. The Morgan fingerprint density at radius 1 is 1.03 bits per heavy atom. The first kappa shape index (κ1) is 19.2. The van der Waals surface area contributed by atoms with Gasteiger partial charge in [0.15, 0.2) is 0 Å². The first-order valence-corrected chi connectivity index (χ1v) is 9.90. The zero-order chi connectivity index (χ0) is 20.5. The lowest BCUT2D eigenvalue weighted by Crippen LogP contribution is -2.18. The smallest absolute Gasteiger partial charge is 0.411 e. The van der Waals surface area contributed by atoms with Gasteiger partial charge in [0.1, 0.15) is 6.61 Å². The van der Waals surface area contributed by atoms with Crippen molar-refractivity contribution < 1.29 is 19.4 Å². The number of aromatic carboxylic acids is 1. The molecule has 0 radical (unpaired) electrons. The van der Waals surface area contributed by atoms with Crippen LogP contribution in [0.4, 0.5) is 10.5 Å². The molecule has 0 fully saturated rings. The number of aryl methyl sites for hydroxylation is 1. The molecule has 146 valence electrons. The fourth-order valence-corrected chi connectivity index (χ4v) is 4.30. The van der Waals surface area contributed by atoms with E-state index in [0.717, 1.165) is 22.3 Å². The van der Waals surface area contributed by atoms with Crippen LogP contribution in [0.5, 0.6) is 0 Å². The Labute approximate surface area is 176 Å². The van der Waals surface area contributed by atoms with Crippen molar-refractivity contribution in [1.29, 1.82) is 0 Å². The monoisotopic (exact) mass is 451 g/mol. The van der Waals surface area contributed by atoms with Gasteiger partial charge in [-0.3, -0.25) is 5.32 Å². The first-order valence-electron chi connectivity index (χ1n) is 9.11. The van der Waals surface area contributed by atoms with Gasteiger partial charge in [-0.25, -0.2) is 9.59 Å². The average molecular weight is 452 g/mol. The van der Waals surface area contributed by atoms with Gasteiger partial charge in [-0.15, -0.1) is 0 Å². The molecule has 1 aliphatic carbocycles. The lowest BCUT2D eigenvalue weighted by Gasteiger charge is -2.15. The third-order valence-electron chi connectivity index (χ3n) is 5.12. The summed E-state index contributed by atoms with van der Waals surface area (Å²) in [7, 11) is 0. The topological polar surface area (TPSA) is 75.6 Å². The van der Waals surface area contributed by atoms with Gasteiger partial charge >= 0.3 is 12.1 Å². The Bertz CT molecular complexity index is 1080. The molecule has 3 aromatic rings. The maximum Gasteiger partial charge on any atom is 0.411 e. The second-order valence-corrected chi connectivity index (χ2v) is 7.76. The number of carbonyl (C=O) groups is 2. The average Bonchev–Trinajstić information content (AvgIpc) is 3.02. The second kappa shape index (κ2) is 7.72. The minimum atomic E-state index is -1.05. The number of halogens is 1. The summed E-state index contributed by atoms with van der Waals surface area (Å²) in [5.41, 5.74) is 5.65. The highest BCUT2D eigenvalue weighted by molar-refractivity contribution is 9.10. The van der Waals surface area contributed by atoms with E-state index in [2.05, 4.69) is 45.5 Å². The van der Waals surface area contributed by atoms with Crippen LogP contribution in [0.2, 0.25) is 0 Å². The zero-order valence-corrected chi connectivity index (χ0v) is 17.2. The summed E-state index contributed by atoms with van der Waals surface area (Å²) in [4.78, 5) is 23.8. The number of anilines is 1. The molecule has 3 aromatic carbocycles. The van der Waals surface area contributed by atoms with Gasteiger partial charge in [-0.2, -0.15) is 0 Å². The van der Waals surface area contributed by atoms with Crippen LogP contribution in [0.15, 0.2) is 65.1 Å². The molecular weight excluding hydrogens is 434 g/mol. The third kappa shape index (κ3) is 3.63. The van der Waals surface area contributed by atoms with Gasteiger partial charge in [0.25, 0.3) is 0 Å². The predicted octanol–water partition coefficient (Wildman–Crippen LogP) is 5.82. The summed E-state index contributed by atoms with van der Waals surface area (Å²) in [6.45, 7) is 1.89. The molecule has 0 saturated carbocycles. The molecule has 0 atom stereocenters. The number of hydrogen-bond donors (Lipinski definition) is 2. The molecule has 6 heteroatoms. The van der Waals surface area contributed by atoms with Gasteiger partial charge in [0.2, 0.25) is 0 Å². The van der Waals surface area contributed by atoms with Crippen LogP contribution < -0.4 is 5.32 Å². The molecule has 0 aliphatic heterocycles. The molecule has 0 spiro atoms. The molecule has 0 bridgehead atoms. The number of nitrogens with one attached hydrogen (secondary N) is 1. The highest BCUT2D eigenvalue weighted by atomic mass is 79.9. The molecule has 2 N–H and O–H groups in total. The van der Waals surface area contributed by atoms with Crippen LogP contribution in [-0.2, 0) is 4.74 Å². The van der Waals surface area contributed by atoms with E-state index in [1.165, 1.54) is 6.07 Å². The number of hydrogen-bond acceptors (Lipinski definition) is 3. The van der Waals surface area contributed by atoms with E-state index < -0.39 is 12.1 Å². The number of carboxylic acids is 1. The summed E-state index contributed by atoms with van der Waals surface area (Å²) in [6, 6.07) is 19.3. The Balaban J connectivity index is 1.51. The van der Waals surface area contributed by atoms with Gasteiger partial charge in [-0.05, 0) is 62.8 Å². The van der Waals surface area contributed by atoms with Crippen LogP contribution in [0.1, 0.15) is 33.0 Å². The maximum atomic E-state index is 12.4. The lowest BCUT2D eigenvalue weighted by atomic mass is 9.98. The minimum Gasteiger partial charge on any atom is -0.478 e. The highest BCUT2D eigenvalue weighted by Gasteiger charge is 2.29. The lowest BCUT2D eigenvalue weighted by molar-refractivity contribution is 0.0696. The SMILES string of the molecule is Cc1cc(Br)c(NC(=O)OCC2c3ccccc3-c3ccccc32)cc1C(=O)O. The molecule has 0 heterocycles. The zero-order valence-electron chi connectivity index (χ0n) is 15.6. The highest BCUT2D eigenvalue weighted by Crippen LogP contribution is 2.44. The van der Waals surface area contributed by atoms with Gasteiger partial charge in [0, 0.05) is 10.4 Å². The Morgan fingerprint density at radius 2 is 1.62 bits per heavy atom. The molecule has 1 aliphatic rings. The van der Waals surface area contributed by atoms with Crippen molar-refractivity contribution in [2.45, 2.75) is 12.8 Å². The van der Waals surface area contributed by atoms with Gasteiger partial charge < -0.3 is 9.84 Å². The van der Waals surface area contributed by atoms with E-state index in [1.807, 2.05) is 24.3 Å². The Hall–Kier alpha value is -3.12. The number of carboxylic acid groups (broad SMARTS) is 1. The van der Waals surface area contributed by atoms with Crippen molar-refractivity contribution in [3.8, 4) is 11.1 Å². The molecule has 0 unspecified atom stereocenters. The number of benzene rings is 3. The van der Waals surface area contributed by atoms with E-state index in [4.69, 9.17) is 4.74 Å². The first-order chi connectivity index (χ1) is 14.0. The van der Waals surface area contributed by atoms with Gasteiger partial charge in [-0.1, -0.05) is 48.5 Å².